The molecule has 0 aromatic rings. The molecule has 2 fully saturated rings. The Morgan fingerprint density at radius 2 is 2.00 bits per heavy atom. The number of halogens is 3. The Bertz CT molecular complexity index is 514. The van der Waals surface area contributed by atoms with Gasteiger partial charge >= 0.3 is 18.1 Å². The van der Waals surface area contributed by atoms with Crippen molar-refractivity contribution in [1.29, 1.82) is 0 Å². The highest BCUT2D eigenvalue weighted by molar-refractivity contribution is 5.87. The summed E-state index contributed by atoms with van der Waals surface area (Å²) in [4.78, 5) is 22.7. The second-order valence-corrected chi connectivity index (χ2v) is 7.04. The number of fused-ring (bicyclic) bond motifs is 2. The summed E-state index contributed by atoms with van der Waals surface area (Å²) in [5.74, 6) is -2.08. The van der Waals surface area contributed by atoms with Crippen molar-refractivity contribution >= 4 is 11.9 Å². The van der Waals surface area contributed by atoms with Crippen molar-refractivity contribution in [2.45, 2.75) is 63.6 Å². The van der Waals surface area contributed by atoms with E-state index < -0.39 is 23.7 Å². The Morgan fingerprint density at radius 3 is 2.62 bits per heavy atom. The van der Waals surface area contributed by atoms with E-state index in [1.54, 1.807) is 6.92 Å². The molecule has 0 heterocycles. The molecule has 2 aliphatic rings. The molecule has 0 N–H and O–H groups in total. The summed E-state index contributed by atoms with van der Waals surface area (Å²) < 4.78 is 46.4. The van der Waals surface area contributed by atoms with Crippen LogP contribution in [0.2, 0.25) is 0 Å². The lowest BCUT2D eigenvalue weighted by molar-refractivity contribution is -0.200. The number of hydrogen-bond acceptors (Lipinski definition) is 4. The van der Waals surface area contributed by atoms with Crippen LogP contribution in [-0.4, -0.2) is 30.3 Å². The van der Waals surface area contributed by atoms with Crippen LogP contribution >= 0.6 is 0 Å². The second kappa shape index (κ2) is 7.15. The fraction of sp³-hybridized carbons (Fsp3) is 0.765. The van der Waals surface area contributed by atoms with Crippen molar-refractivity contribution in [2.75, 3.05) is 6.61 Å². The van der Waals surface area contributed by atoms with E-state index in [0.717, 1.165) is 32.1 Å². The number of carbonyl (C=O) groups is 2. The van der Waals surface area contributed by atoms with Crippen LogP contribution in [0.25, 0.3) is 0 Å². The van der Waals surface area contributed by atoms with Crippen LogP contribution in [0.15, 0.2) is 12.2 Å². The fourth-order valence-electron chi connectivity index (χ4n) is 3.95. The Labute approximate surface area is 139 Å². The van der Waals surface area contributed by atoms with Crippen molar-refractivity contribution in [2.24, 2.45) is 11.8 Å². The van der Waals surface area contributed by atoms with Gasteiger partial charge in [0.25, 0.3) is 0 Å². The van der Waals surface area contributed by atoms with Crippen molar-refractivity contribution in [3.8, 4) is 0 Å². The molecular formula is C17H23F3O4. The summed E-state index contributed by atoms with van der Waals surface area (Å²) in [6.45, 7) is 4.93. The minimum absolute atomic E-state index is 0.0861. The lowest BCUT2D eigenvalue weighted by Gasteiger charge is -2.47. The van der Waals surface area contributed by atoms with E-state index in [0.29, 0.717) is 24.3 Å². The molecule has 2 aliphatic carbocycles. The topological polar surface area (TPSA) is 52.6 Å². The third kappa shape index (κ3) is 4.74. The van der Waals surface area contributed by atoms with Crippen LogP contribution in [0, 0.1) is 11.8 Å². The maximum Gasteiger partial charge on any atom is 0.490 e. The SMILES string of the molecule is C=C(C)C(=O)OC12CCCC(CC(CCOC(=O)C(F)(F)F)C1)C2. The first-order valence-corrected chi connectivity index (χ1v) is 8.24. The molecule has 0 aromatic carbocycles. The molecule has 0 aromatic heterocycles. The molecule has 0 saturated heterocycles. The van der Waals surface area contributed by atoms with Gasteiger partial charge in [-0.1, -0.05) is 13.0 Å². The molecule has 0 amide bonds. The predicted octanol–water partition coefficient (Wildman–Crippen LogP) is 3.94. The van der Waals surface area contributed by atoms with Gasteiger partial charge < -0.3 is 9.47 Å². The quantitative estimate of drug-likeness (QED) is 0.558. The van der Waals surface area contributed by atoms with Crippen LogP contribution in [-0.2, 0) is 19.1 Å². The second-order valence-electron chi connectivity index (χ2n) is 7.04. The van der Waals surface area contributed by atoms with Crippen molar-refractivity contribution in [1.82, 2.24) is 0 Å². The molecule has 2 saturated carbocycles. The maximum absolute atomic E-state index is 12.1. The van der Waals surface area contributed by atoms with Gasteiger partial charge in [-0.2, -0.15) is 13.2 Å². The number of alkyl halides is 3. The minimum atomic E-state index is -4.96. The Morgan fingerprint density at radius 1 is 1.29 bits per heavy atom. The first-order chi connectivity index (χ1) is 11.1. The molecule has 0 spiro atoms. The molecule has 7 heteroatoms. The summed E-state index contributed by atoms with van der Waals surface area (Å²) in [6, 6.07) is 0. The predicted molar refractivity (Wildman–Crippen MR) is 80.0 cm³/mol. The summed E-state index contributed by atoms with van der Waals surface area (Å²) in [6.07, 6.45) is 0.440. The number of ether oxygens (including phenoxy) is 2. The van der Waals surface area contributed by atoms with E-state index in [2.05, 4.69) is 11.3 Å². The summed E-state index contributed by atoms with van der Waals surface area (Å²) in [7, 11) is 0. The third-order valence-electron chi connectivity index (χ3n) is 4.88. The van der Waals surface area contributed by atoms with Gasteiger partial charge in [0.1, 0.15) is 5.60 Å². The third-order valence-corrected chi connectivity index (χ3v) is 4.88. The highest BCUT2D eigenvalue weighted by Gasteiger charge is 2.46. The van der Waals surface area contributed by atoms with Crippen LogP contribution in [0.4, 0.5) is 13.2 Å². The molecule has 24 heavy (non-hydrogen) atoms. The van der Waals surface area contributed by atoms with Gasteiger partial charge in [-0.3, -0.25) is 0 Å². The van der Waals surface area contributed by atoms with Gasteiger partial charge in [-0.15, -0.1) is 0 Å². The van der Waals surface area contributed by atoms with Crippen molar-refractivity contribution in [3.63, 3.8) is 0 Å². The zero-order chi connectivity index (χ0) is 18.0. The van der Waals surface area contributed by atoms with Gasteiger partial charge in [0, 0.05) is 5.57 Å². The van der Waals surface area contributed by atoms with Crippen LogP contribution < -0.4 is 0 Å². The van der Waals surface area contributed by atoms with Crippen molar-refractivity contribution < 1.29 is 32.2 Å². The first-order valence-electron chi connectivity index (χ1n) is 8.24. The first kappa shape index (κ1) is 18.8. The number of hydrogen-bond donors (Lipinski definition) is 0. The lowest BCUT2D eigenvalue weighted by atomic mass is 9.64. The zero-order valence-corrected chi connectivity index (χ0v) is 13.8. The van der Waals surface area contributed by atoms with Gasteiger partial charge in [0.05, 0.1) is 6.61 Å². The van der Waals surface area contributed by atoms with E-state index in [-0.39, 0.29) is 12.5 Å². The zero-order valence-electron chi connectivity index (χ0n) is 13.8. The maximum atomic E-state index is 12.1. The molecule has 3 unspecified atom stereocenters. The van der Waals surface area contributed by atoms with Gasteiger partial charge in [-0.25, -0.2) is 9.59 Å². The van der Waals surface area contributed by atoms with Gasteiger partial charge in [0.2, 0.25) is 0 Å². The summed E-state index contributed by atoms with van der Waals surface area (Å²) >= 11 is 0. The average molecular weight is 348 g/mol. The van der Waals surface area contributed by atoms with Crippen LogP contribution in [0.1, 0.15) is 51.9 Å². The molecule has 3 atom stereocenters. The van der Waals surface area contributed by atoms with Crippen LogP contribution in [0.5, 0.6) is 0 Å². The average Bonchev–Trinajstić information content (AvgIpc) is 2.45. The Hall–Kier alpha value is -1.53. The number of esters is 2. The molecule has 4 nitrogen and oxygen atoms in total. The number of rotatable bonds is 5. The standard InChI is InChI=1S/C17H23F3O4/c1-11(2)14(21)24-16-6-3-4-12(9-16)8-13(10-16)5-7-23-15(22)17(18,19)20/h12-13H,1,3-10H2,2H3. The molecular weight excluding hydrogens is 325 g/mol. The van der Waals surface area contributed by atoms with Gasteiger partial charge in [0.15, 0.2) is 0 Å². The molecule has 0 aliphatic heterocycles. The highest BCUT2D eigenvalue weighted by Crippen LogP contribution is 2.48. The normalized spacial score (nSPS) is 29.7. The summed E-state index contributed by atoms with van der Waals surface area (Å²) in [5.41, 5.74) is -0.205. The van der Waals surface area contributed by atoms with Crippen LogP contribution in [0.3, 0.4) is 0 Å². The Kier molecular flexibility index (Phi) is 5.60. The molecule has 2 bridgehead atoms. The minimum Gasteiger partial charge on any atom is -0.459 e. The molecule has 0 radical (unpaired) electrons. The molecule has 136 valence electrons. The smallest absolute Gasteiger partial charge is 0.459 e. The van der Waals surface area contributed by atoms with E-state index in [1.165, 1.54) is 0 Å². The fourth-order valence-corrected chi connectivity index (χ4v) is 3.95. The van der Waals surface area contributed by atoms with E-state index in [1.807, 2.05) is 0 Å². The van der Waals surface area contributed by atoms with E-state index >= 15 is 0 Å². The van der Waals surface area contributed by atoms with E-state index in [9.17, 15) is 22.8 Å². The van der Waals surface area contributed by atoms with Gasteiger partial charge in [-0.05, 0) is 57.3 Å². The largest absolute Gasteiger partial charge is 0.490 e. The summed E-state index contributed by atoms with van der Waals surface area (Å²) in [5, 5.41) is 0. The lowest BCUT2D eigenvalue weighted by Crippen LogP contribution is -2.46. The Balaban J connectivity index is 1.92. The monoisotopic (exact) mass is 348 g/mol. The van der Waals surface area contributed by atoms with Crippen molar-refractivity contribution in [3.05, 3.63) is 12.2 Å². The van der Waals surface area contributed by atoms with E-state index in [4.69, 9.17) is 4.74 Å². The number of carbonyl (C=O) groups excluding carboxylic acids is 2. The highest BCUT2D eigenvalue weighted by atomic mass is 19.4. The molecule has 2 rings (SSSR count).